The number of rotatable bonds is 6. The number of halogens is 1. The van der Waals surface area contributed by atoms with E-state index >= 15 is 0 Å². The van der Waals surface area contributed by atoms with E-state index in [-0.39, 0.29) is 18.5 Å². The maximum Gasteiger partial charge on any atom is 0.304 e. The topological polar surface area (TPSA) is 85.3 Å². The fraction of sp³-hybridized carbons (Fsp3) is 0.188. The highest BCUT2D eigenvalue weighted by molar-refractivity contribution is 7.99. The van der Waals surface area contributed by atoms with E-state index in [1.807, 2.05) is 0 Å². The number of benzene rings is 1. The van der Waals surface area contributed by atoms with Crippen LogP contribution < -0.4 is 5.56 Å². The molecule has 0 bridgehead atoms. The summed E-state index contributed by atoms with van der Waals surface area (Å²) in [6.45, 7) is 0.219. The zero-order valence-electron chi connectivity index (χ0n) is 12.4. The standard InChI is InChI=1S/C16H13ClN2O4S/c17-10-3-4-13-12(8-10)15(22)19(9-11-2-1-6-23-11)16(18-13)24-7-5-14(20)21/h1-4,6,8H,5,7,9H2,(H,20,21). The molecule has 2 heterocycles. The SMILES string of the molecule is O=C(O)CCSc1nc2ccc(Cl)cc2c(=O)n1Cc1ccco1. The predicted molar refractivity (Wildman–Crippen MR) is 91.8 cm³/mol. The van der Waals surface area contributed by atoms with Gasteiger partial charge in [0.05, 0.1) is 30.1 Å². The van der Waals surface area contributed by atoms with Crippen LogP contribution in [0.3, 0.4) is 0 Å². The summed E-state index contributed by atoms with van der Waals surface area (Å²) in [5.41, 5.74) is 0.287. The van der Waals surface area contributed by atoms with Crippen LogP contribution >= 0.6 is 23.4 Å². The van der Waals surface area contributed by atoms with E-state index in [1.54, 1.807) is 30.3 Å². The Balaban J connectivity index is 2.06. The summed E-state index contributed by atoms with van der Waals surface area (Å²) in [4.78, 5) is 28.0. The van der Waals surface area contributed by atoms with Gasteiger partial charge in [0.15, 0.2) is 5.16 Å². The number of aliphatic carboxylic acids is 1. The molecule has 0 aliphatic rings. The van der Waals surface area contributed by atoms with Gasteiger partial charge in [0.25, 0.3) is 5.56 Å². The van der Waals surface area contributed by atoms with Crippen molar-refractivity contribution in [3.8, 4) is 0 Å². The van der Waals surface area contributed by atoms with Crippen molar-refractivity contribution in [2.24, 2.45) is 0 Å². The van der Waals surface area contributed by atoms with Crippen molar-refractivity contribution in [2.75, 3.05) is 5.75 Å². The van der Waals surface area contributed by atoms with Crippen molar-refractivity contribution < 1.29 is 14.3 Å². The molecule has 0 fully saturated rings. The van der Waals surface area contributed by atoms with Crippen LogP contribution in [0.4, 0.5) is 0 Å². The van der Waals surface area contributed by atoms with Crippen LogP contribution in [-0.2, 0) is 11.3 Å². The molecular weight excluding hydrogens is 352 g/mol. The van der Waals surface area contributed by atoms with E-state index < -0.39 is 5.97 Å². The number of carbonyl (C=O) groups is 1. The highest BCUT2D eigenvalue weighted by Crippen LogP contribution is 2.21. The monoisotopic (exact) mass is 364 g/mol. The first kappa shape index (κ1) is 16.6. The van der Waals surface area contributed by atoms with Gasteiger partial charge in [0, 0.05) is 10.8 Å². The van der Waals surface area contributed by atoms with Crippen molar-refractivity contribution in [2.45, 2.75) is 18.1 Å². The zero-order chi connectivity index (χ0) is 17.1. The lowest BCUT2D eigenvalue weighted by molar-refractivity contribution is -0.136. The number of furan rings is 1. The molecule has 0 unspecified atom stereocenters. The minimum absolute atomic E-state index is 0.0139. The third-order valence-electron chi connectivity index (χ3n) is 3.32. The Morgan fingerprint density at radius 2 is 2.21 bits per heavy atom. The fourth-order valence-electron chi connectivity index (χ4n) is 2.21. The van der Waals surface area contributed by atoms with Crippen LogP contribution in [0, 0.1) is 0 Å². The number of carboxylic acid groups (broad SMARTS) is 1. The number of nitrogens with zero attached hydrogens (tertiary/aromatic N) is 2. The van der Waals surface area contributed by atoms with Crippen LogP contribution in [0.15, 0.2) is 51.0 Å². The van der Waals surface area contributed by atoms with Gasteiger partial charge in [-0.2, -0.15) is 0 Å². The molecule has 1 N–H and O–H groups in total. The molecule has 0 radical (unpaired) electrons. The zero-order valence-corrected chi connectivity index (χ0v) is 14.0. The average Bonchev–Trinajstić information content (AvgIpc) is 3.04. The molecule has 0 aliphatic carbocycles. The van der Waals surface area contributed by atoms with Gasteiger partial charge in [-0.1, -0.05) is 23.4 Å². The number of thioether (sulfide) groups is 1. The molecule has 124 valence electrons. The summed E-state index contributed by atoms with van der Waals surface area (Å²) in [7, 11) is 0. The van der Waals surface area contributed by atoms with E-state index in [0.717, 1.165) is 0 Å². The Hall–Kier alpha value is -2.25. The van der Waals surface area contributed by atoms with E-state index in [1.165, 1.54) is 22.6 Å². The molecule has 6 nitrogen and oxygen atoms in total. The fourth-order valence-corrected chi connectivity index (χ4v) is 3.31. The van der Waals surface area contributed by atoms with Crippen LogP contribution in [0.2, 0.25) is 5.02 Å². The Kier molecular flexibility index (Phi) is 4.92. The Labute approximate surface area is 146 Å². The highest BCUT2D eigenvalue weighted by atomic mass is 35.5. The summed E-state index contributed by atoms with van der Waals surface area (Å²) in [6.07, 6.45) is 1.52. The molecule has 0 saturated carbocycles. The predicted octanol–water partition coefficient (Wildman–Crippen LogP) is 3.26. The van der Waals surface area contributed by atoms with Gasteiger partial charge >= 0.3 is 5.97 Å². The number of carboxylic acids is 1. The van der Waals surface area contributed by atoms with Crippen LogP contribution in [0.25, 0.3) is 10.9 Å². The molecule has 0 atom stereocenters. The second kappa shape index (κ2) is 7.11. The largest absolute Gasteiger partial charge is 0.481 e. The molecular formula is C16H13ClN2O4S. The Bertz CT molecular complexity index is 937. The van der Waals surface area contributed by atoms with Gasteiger partial charge in [-0.05, 0) is 30.3 Å². The minimum atomic E-state index is -0.894. The normalized spacial score (nSPS) is 11.0. The summed E-state index contributed by atoms with van der Waals surface area (Å²) in [5, 5.41) is 10.1. The van der Waals surface area contributed by atoms with Gasteiger partial charge in [-0.15, -0.1) is 0 Å². The summed E-state index contributed by atoms with van der Waals surface area (Å²) in [6, 6.07) is 8.43. The molecule has 0 amide bonds. The quantitative estimate of drug-likeness (QED) is 0.533. The van der Waals surface area contributed by atoms with Gasteiger partial charge in [0.1, 0.15) is 5.76 Å². The molecule has 24 heavy (non-hydrogen) atoms. The van der Waals surface area contributed by atoms with Gasteiger partial charge in [0.2, 0.25) is 0 Å². The summed E-state index contributed by atoms with van der Waals surface area (Å²) >= 11 is 7.21. The highest BCUT2D eigenvalue weighted by Gasteiger charge is 2.14. The van der Waals surface area contributed by atoms with Crippen LogP contribution in [0.1, 0.15) is 12.2 Å². The lowest BCUT2D eigenvalue weighted by atomic mass is 10.2. The number of fused-ring (bicyclic) bond motifs is 1. The lowest BCUT2D eigenvalue weighted by Crippen LogP contribution is -2.24. The third kappa shape index (κ3) is 3.63. The number of aromatic nitrogens is 2. The van der Waals surface area contributed by atoms with E-state index in [2.05, 4.69) is 4.98 Å². The van der Waals surface area contributed by atoms with Gasteiger partial charge in [-0.3, -0.25) is 14.2 Å². The minimum Gasteiger partial charge on any atom is -0.481 e. The number of hydrogen-bond acceptors (Lipinski definition) is 5. The Morgan fingerprint density at radius 1 is 1.38 bits per heavy atom. The Morgan fingerprint density at radius 3 is 2.92 bits per heavy atom. The lowest BCUT2D eigenvalue weighted by Gasteiger charge is -2.12. The molecule has 0 spiro atoms. The first-order chi connectivity index (χ1) is 11.5. The maximum atomic E-state index is 12.8. The molecule has 3 rings (SSSR count). The van der Waals surface area contributed by atoms with Crippen molar-refractivity contribution in [1.82, 2.24) is 9.55 Å². The first-order valence-corrected chi connectivity index (χ1v) is 8.48. The summed E-state index contributed by atoms with van der Waals surface area (Å²) < 4.78 is 6.79. The molecule has 0 saturated heterocycles. The molecule has 0 aliphatic heterocycles. The van der Waals surface area contributed by atoms with Crippen molar-refractivity contribution >= 4 is 40.2 Å². The second-order valence-electron chi connectivity index (χ2n) is 5.02. The van der Waals surface area contributed by atoms with Crippen molar-refractivity contribution in [1.29, 1.82) is 0 Å². The maximum absolute atomic E-state index is 12.8. The molecule has 2 aromatic heterocycles. The second-order valence-corrected chi connectivity index (χ2v) is 6.52. The smallest absolute Gasteiger partial charge is 0.304 e. The van der Waals surface area contributed by atoms with Crippen molar-refractivity contribution in [3.05, 3.63) is 57.7 Å². The average molecular weight is 365 g/mol. The van der Waals surface area contributed by atoms with Gasteiger partial charge < -0.3 is 9.52 Å². The third-order valence-corrected chi connectivity index (χ3v) is 4.54. The van der Waals surface area contributed by atoms with E-state index in [4.69, 9.17) is 21.1 Å². The molecule has 8 heteroatoms. The number of hydrogen-bond donors (Lipinski definition) is 1. The van der Waals surface area contributed by atoms with E-state index in [0.29, 0.717) is 32.6 Å². The molecule has 3 aromatic rings. The van der Waals surface area contributed by atoms with E-state index in [9.17, 15) is 9.59 Å². The van der Waals surface area contributed by atoms with Crippen LogP contribution in [-0.4, -0.2) is 26.4 Å². The molecule has 1 aromatic carbocycles. The first-order valence-electron chi connectivity index (χ1n) is 7.11. The van der Waals surface area contributed by atoms with Crippen molar-refractivity contribution in [3.63, 3.8) is 0 Å². The summed E-state index contributed by atoms with van der Waals surface area (Å²) in [5.74, 6) is 0.0364. The van der Waals surface area contributed by atoms with Gasteiger partial charge in [-0.25, -0.2) is 4.98 Å². The van der Waals surface area contributed by atoms with Crippen LogP contribution in [0.5, 0.6) is 0 Å².